The minimum absolute atomic E-state index is 0.0863. The first kappa shape index (κ1) is 15.6. The molecule has 1 heterocycles. The Morgan fingerprint density at radius 2 is 2.15 bits per heavy atom. The van der Waals surface area contributed by atoms with Crippen LogP contribution in [0.1, 0.15) is 20.8 Å². The lowest BCUT2D eigenvalue weighted by molar-refractivity contribution is -0.385. The Balaban J connectivity index is 3.51. The standard InChI is InChI=1S/C11H16N4O5/c1-5-14(11(2,3)10(16)17)8-7(15(18)19)9(20-4)13-6-12-8/h6H,5H2,1-4H3,(H,16,17). The van der Waals surface area contributed by atoms with Crippen LogP contribution in [0.3, 0.4) is 0 Å². The van der Waals surface area contributed by atoms with E-state index >= 15 is 0 Å². The van der Waals surface area contributed by atoms with Gasteiger partial charge in [0.25, 0.3) is 5.88 Å². The molecule has 0 bridgehead atoms. The fourth-order valence-electron chi connectivity index (χ4n) is 1.79. The van der Waals surface area contributed by atoms with Crippen LogP contribution in [0, 0.1) is 10.1 Å². The Bertz CT molecular complexity index is 532. The molecule has 0 aliphatic rings. The second kappa shape index (κ2) is 5.68. The number of hydrogen-bond donors (Lipinski definition) is 1. The zero-order valence-corrected chi connectivity index (χ0v) is 11.7. The summed E-state index contributed by atoms with van der Waals surface area (Å²) in [7, 11) is 1.25. The molecule has 0 unspecified atom stereocenters. The smallest absolute Gasteiger partial charge is 0.372 e. The highest BCUT2D eigenvalue weighted by Crippen LogP contribution is 2.36. The molecule has 0 spiro atoms. The first-order valence-electron chi connectivity index (χ1n) is 5.81. The Labute approximate surface area is 115 Å². The van der Waals surface area contributed by atoms with E-state index < -0.39 is 22.1 Å². The van der Waals surface area contributed by atoms with Crippen molar-refractivity contribution >= 4 is 17.5 Å². The topological polar surface area (TPSA) is 119 Å². The fraction of sp³-hybridized carbons (Fsp3) is 0.545. The summed E-state index contributed by atoms with van der Waals surface area (Å²) in [5, 5.41) is 20.5. The molecule has 0 aliphatic heterocycles. The molecule has 0 aromatic carbocycles. The summed E-state index contributed by atoms with van der Waals surface area (Å²) in [5.74, 6) is -1.41. The lowest BCUT2D eigenvalue weighted by Gasteiger charge is -2.34. The van der Waals surface area contributed by atoms with Crippen molar-refractivity contribution in [2.75, 3.05) is 18.6 Å². The van der Waals surface area contributed by atoms with E-state index in [0.717, 1.165) is 6.33 Å². The summed E-state index contributed by atoms with van der Waals surface area (Å²) < 4.78 is 4.85. The lowest BCUT2D eigenvalue weighted by Crippen LogP contribution is -2.51. The predicted molar refractivity (Wildman–Crippen MR) is 70.0 cm³/mol. The van der Waals surface area contributed by atoms with Crippen LogP contribution in [0.4, 0.5) is 11.5 Å². The molecule has 1 aromatic heterocycles. The summed E-state index contributed by atoms with van der Waals surface area (Å²) in [6.07, 6.45) is 1.10. The number of rotatable bonds is 6. The van der Waals surface area contributed by atoms with Gasteiger partial charge in [-0.25, -0.2) is 9.78 Å². The van der Waals surface area contributed by atoms with Gasteiger partial charge in [-0.3, -0.25) is 10.1 Å². The van der Waals surface area contributed by atoms with Gasteiger partial charge in [0.15, 0.2) is 0 Å². The zero-order valence-electron chi connectivity index (χ0n) is 11.7. The highest BCUT2D eigenvalue weighted by molar-refractivity contribution is 5.83. The van der Waals surface area contributed by atoms with E-state index in [1.807, 2.05) is 0 Å². The van der Waals surface area contributed by atoms with Gasteiger partial charge in [-0.2, -0.15) is 4.98 Å². The number of nitro groups is 1. The van der Waals surface area contributed by atoms with Crippen molar-refractivity contribution in [1.82, 2.24) is 9.97 Å². The first-order valence-corrected chi connectivity index (χ1v) is 5.81. The van der Waals surface area contributed by atoms with Crippen LogP contribution in [0.2, 0.25) is 0 Å². The quantitative estimate of drug-likeness (QED) is 0.608. The maximum atomic E-state index is 11.3. The van der Waals surface area contributed by atoms with Crippen LogP contribution >= 0.6 is 0 Å². The number of anilines is 1. The number of ether oxygens (including phenoxy) is 1. The Morgan fingerprint density at radius 3 is 2.55 bits per heavy atom. The molecule has 1 N–H and O–H groups in total. The van der Waals surface area contributed by atoms with Gasteiger partial charge in [0.2, 0.25) is 5.82 Å². The molecular weight excluding hydrogens is 268 g/mol. The van der Waals surface area contributed by atoms with E-state index in [4.69, 9.17) is 4.74 Å². The number of carboxylic acid groups (broad SMARTS) is 1. The molecule has 9 heteroatoms. The third kappa shape index (κ3) is 2.60. The maximum absolute atomic E-state index is 11.3. The van der Waals surface area contributed by atoms with Crippen molar-refractivity contribution in [3.63, 3.8) is 0 Å². The third-order valence-corrected chi connectivity index (χ3v) is 2.92. The van der Waals surface area contributed by atoms with Crippen molar-refractivity contribution in [2.45, 2.75) is 26.3 Å². The van der Waals surface area contributed by atoms with Gasteiger partial charge in [-0.1, -0.05) is 0 Å². The van der Waals surface area contributed by atoms with E-state index in [9.17, 15) is 20.0 Å². The van der Waals surface area contributed by atoms with E-state index in [1.54, 1.807) is 6.92 Å². The van der Waals surface area contributed by atoms with Crippen molar-refractivity contribution in [3.8, 4) is 5.88 Å². The molecule has 20 heavy (non-hydrogen) atoms. The van der Waals surface area contributed by atoms with Gasteiger partial charge in [-0.05, 0) is 20.8 Å². The highest BCUT2D eigenvalue weighted by Gasteiger charge is 2.39. The van der Waals surface area contributed by atoms with Crippen molar-refractivity contribution in [3.05, 3.63) is 16.4 Å². The second-order valence-corrected chi connectivity index (χ2v) is 4.42. The molecule has 1 aromatic rings. The van der Waals surface area contributed by atoms with Crippen LogP contribution in [0.15, 0.2) is 6.33 Å². The summed E-state index contributed by atoms with van der Waals surface area (Å²) in [6.45, 7) is 4.79. The van der Waals surface area contributed by atoms with Gasteiger partial charge < -0.3 is 14.7 Å². The highest BCUT2D eigenvalue weighted by atomic mass is 16.6. The molecule has 0 saturated heterocycles. The normalized spacial score (nSPS) is 11.0. The lowest BCUT2D eigenvalue weighted by atomic mass is 10.0. The molecular formula is C11H16N4O5. The molecule has 0 amide bonds. The zero-order chi connectivity index (χ0) is 15.5. The van der Waals surface area contributed by atoms with Crippen LogP contribution in [0.25, 0.3) is 0 Å². The van der Waals surface area contributed by atoms with Gasteiger partial charge in [0.05, 0.1) is 12.0 Å². The van der Waals surface area contributed by atoms with Crippen molar-refractivity contribution < 1.29 is 19.6 Å². The van der Waals surface area contributed by atoms with Crippen LogP contribution < -0.4 is 9.64 Å². The largest absolute Gasteiger partial charge is 0.480 e. The fourth-order valence-corrected chi connectivity index (χ4v) is 1.79. The molecule has 0 fully saturated rings. The molecule has 0 saturated carbocycles. The van der Waals surface area contributed by atoms with Crippen LogP contribution in [0.5, 0.6) is 5.88 Å². The van der Waals surface area contributed by atoms with Gasteiger partial charge >= 0.3 is 11.7 Å². The van der Waals surface area contributed by atoms with E-state index in [1.165, 1.54) is 25.9 Å². The summed E-state index contributed by atoms with van der Waals surface area (Å²) in [6, 6.07) is 0. The number of nitrogens with zero attached hydrogens (tertiary/aromatic N) is 4. The summed E-state index contributed by atoms with van der Waals surface area (Å²) in [4.78, 5) is 30.7. The third-order valence-electron chi connectivity index (χ3n) is 2.92. The average molecular weight is 284 g/mol. The van der Waals surface area contributed by atoms with E-state index in [0.29, 0.717) is 0 Å². The molecule has 0 aliphatic carbocycles. The minimum Gasteiger partial charge on any atom is -0.480 e. The van der Waals surface area contributed by atoms with Gasteiger partial charge in [-0.15, -0.1) is 0 Å². The van der Waals surface area contributed by atoms with Gasteiger partial charge in [0, 0.05) is 6.54 Å². The average Bonchev–Trinajstić information content (AvgIpc) is 2.38. The molecule has 110 valence electrons. The van der Waals surface area contributed by atoms with E-state index in [-0.39, 0.29) is 18.2 Å². The molecule has 9 nitrogen and oxygen atoms in total. The number of carboxylic acids is 1. The Hall–Kier alpha value is -2.45. The Morgan fingerprint density at radius 1 is 1.55 bits per heavy atom. The summed E-state index contributed by atoms with van der Waals surface area (Å²) >= 11 is 0. The number of aliphatic carboxylic acids is 1. The number of hydrogen-bond acceptors (Lipinski definition) is 7. The predicted octanol–water partition coefficient (Wildman–Crippen LogP) is 1.08. The van der Waals surface area contributed by atoms with Crippen LogP contribution in [-0.4, -0.2) is 45.2 Å². The number of carbonyl (C=O) groups is 1. The van der Waals surface area contributed by atoms with Gasteiger partial charge in [0.1, 0.15) is 11.9 Å². The number of aromatic nitrogens is 2. The first-order chi connectivity index (χ1) is 9.27. The van der Waals surface area contributed by atoms with Crippen molar-refractivity contribution in [2.24, 2.45) is 0 Å². The minimum atomic E-state index is -1.36. The van der Waals surface area contributed by atoms with Crippen molar-refractivity contribution in [1.29, 1.82) is 0 Å². The molecule has 0 radical (unpaired) electrons. The number of likely N-dealkylation sites (N-methyl/N-ethyl adjacent to an activating group) is 1. The maximum Gasteiger partial charge on any atom is 0.372 e. The van der Waals surface area contributed by atoms with Crippen LogP contribution in [-0.2, 0) is 4.79 Å². The Kier molecular flexibility index (Phi) is 4.43. The van der Waals surface area contributed by atoms with E-state index in [2.05, 4.69) is 9.97 Å². The molecule has 0 atom stereocenters. The number of methoxy groups -OCH3 is 1. The monoisotopic (exact) mass is 284 g/mol. The second-order valence-electron chi connectivity index (χ2n) is 4.42. The molecule has 1 rings (SSSR count). The summed E-state index contributed by atoms with van der Waals surface area (Å²) in [5.41, 5.74) is -1.81. The SMILES string of the molecule is CCN(c1ncnc(OC)c1[N+](=O)[O-])C(C)(C)C(=O)O.